The van der Waals surface area contributed by atoms with Crippen LogP contribution in [-0.4, -0.2) is 141 Å². The first kappa shape index (κ1) is 39.9. The molecule has 9 rings (SSSR count). The lowest BCUT2D eigenvalue weighted by Gasteiger charge is -2.56. The second kappa shape index (κ2) is 15.2. The molecule has 318 valence electrons. The number of nitrogens with zero attached hydrogens (tertiary/aromatic N) is 8. The van der Waals surface area contributed by atoms with Crippen LogP contribution in [0.3, 0.4) is 0 Å². The fourth-order valence-corrected chi connectivity index (χ4v) is 10.4. The first-order valence-electron chi connectivity index (χ1n) is 21.1. The number of piperazine rings is 2. The van der Waals surface area contributed by atoms with E-state index in [0.29, 0.717) is 74.7 Å². The maximum atomic E-state index is 14.4. The van der Waals surface area contributed by atoms with Gasteiger partial charge in [0.2, 0.25) is 11.8 Å². The average Bonchev–Trinajstić information content (AvgIpc) is 3.56. The fraction of sp³-hybridized carbons (Fsp3) is 0.535. The van der Waals surface area contributed by atoms with Crippen LogP contribution in [0, 0.1) is 17.6 Å². The summed E-state index contributed by atoms with van der Waals surface area (Å²) in [6.45, 7) is 13.7. The maximum Gasteiger partial charge on any atom is 0.320 e. The minimum absolute atomic E-state index is 0.0213. The van der Waals surface area contributed by atoms with E-state index < -0.39 is 40.4 Å². The van der Waals surface area contributed by atoms with Gasteiger partial charge in [-0.05, 0) is 75.3 Å². The van der Waals surface area contributed by atoms with Crippen molar-refractivity contribution < 1.29 is 33.1 Å². The third-order valence-electron chi connectivity index (χ3n) is 13.8. The van der Waals surface area contributed by atoms with E-state index in [9.17, 15) is 33.1 Å². The number of piperidine rings is 2. The summed E-state index contributed by atoms with van der Waals surface area (Å²) < 4.78 is 28.4. The zero-order chi connectivity index (χ0) is 42.1. The zero-order valence-electron chi connectivity index (χ0n) is 34.3. The molecular weight excluding hydrogens is 775 g/mol. The van der Waals surface area contributed by atoms with Crippen LogP contribution < -0.4 is 20.4 Å². The molecule has 4 fully saturated rings. The summed E-state index contributed by atoms with van der Waals surface area (Å²) in [5, 5.41) is 24.6. The predicted molar refractivity (Wildman–Crippen MR) is 220 cm³/mol. The van der Waals surface area contributed by atoms with Crippen LogP contribution in [0.5, 0.6) is 5.75 Å². The van der Waals surface area contributed by atoms with Gasteiger partial charge in [0.05, 0.1) is 22.5 Å². The molecule has 7 heterocycles. The number of phenolic OH excluding ortho intramolecular Hbond substituents is 1. The zero-order valence-corrected chi connectivity index (χ0v) is 34.3. The number of nitrogens with one attached hydrogen (secondary N) is 2. The number of fused-ring (bicyclic) bond motifs is 4. The van der Waals surface area contributed by atoms with Crippen molar-refractivity contribution in [2.24, 2.45) is 5.92 Å². The topological polar surface area (TPSA) is 158 Å². The highest BCUT2D eigenvalue weighted by Crippen LogP contribution is 2.42. The van der Waals surface area contributed by atoms with E-state index >= 15 is 0 Å². The number of hydrogen-bond donors (Lipinski definition) is 3. The first-order chi connectivity index (χ1) is 28.7. The summed E-state index contributed by atoms with van der Waals surface area (Å²) in [6, 6.07) is 8.79. The second-order valence-electron chi connectivity index (χ2n) is 17.9. The third-order valence-corrected chi connectivity index (χ3v) is 13.8. The van der Waals surface area contributed by atoms with Crippen molar-refractivity contribution in [2.45, 2.75) is 76.5 Å². The lowest BCUT2D eigenvalue weighted by atomic mass is 9.87. The molecule has 2 unspecified atom stereocenters. The normalized spacial score (nSPS) is 24.5. The van der Waals surface area contributed by atoms with E-state index in [2.05, 4.69) is 62.4 Å². The van der Waals surface area contributed by atoms with Crippen LogP contribution in [0.25, 0.3) is 11.3 Å². The molecule has 3 N–H and O–H groups in total. The second-order valence-corrected chi connectivity index (χ2v) is 17.9. The number of anilines is 3. The van der Waals surface area contributed by atoms with Crippen LogP contribution in [0.4, 0.5) is 30.8 Å². The molecule has 6 aliphatic rings. The number of carbonyl (C=O) groups is 4. The molecule has 2 aromatic carbocycles. The number of urea groups is 1. The number of rotatable bonds is 6. The molecule has 60 heavy (non-hydrogen) atoms. The molecule has 15 nitrogen and oxygen atoms in total. The molecule has 4 saturated heterocycles. The summed E-state index contributed by atoms with van der Waals surface area (Å²) in [6.07, 6.45) is 3.33. The van der Waals surface area contributed by atoms with Crippen molar-refractivity contribution in [1.29, 1.82) is 0 Å². The average molecular weight is 827 g/mol. The molecule has 3 aromatic rings. The molecule has 0 bridgehead atoms. The van der Waals surface area contributed by atoms with Gasteiger partial charge in [0.25, 0.3) is 5.91 Å². The maximum absolute atomic E-state index is 14.4. The summed E-state index contributed by atoms with van der Waals surface area (Å²) >= 11 is 0. The summed E-state index contributed by atoms with van der Waals surface area (Å²) in [5.74, 6) is -2.39. The largest absolute Gasteiger partial charge is 0.504 e. The van der Waals surface area contributed by atoms with Gasteiger partial charge in [0.15, 0.2) is 17.4 Å². The molecular formula is C43H52F2N10O5. The Morgan fingerprint density at radius 3 is 2.48 bits per heavy atom. The Morgan fingerprint density at radius 1 is 0.933 bits per heavy atom. The highest BCUT2D eigenvalue weighted by atomic mass is 19.1. The van der Waals surface area contributed by atoms with E-state index in [-0.39, 0.29) is 35.5 Å². The summed E-state index contributed by atoms with van der Waals surface area (Å²) in [7, 11) is 0. The summed E-state index contributed by atoms with van der Waals surface area (Å²) in [5.41, 5.74) is 2.49. The lowest BCUT2D eigenvalue weighted by molar-refractivity contribution is -0.136. The van der Waals surface area contributed by atoms with Crippen molar-refractivity contribution in [1.82, 2.24) is 35.1 Å². The van der Waals surface area contributed by atoms with Gasteiger partial charge in [-0.2, -0.15) is 0 Å². The van der Waals surface area contributed by atoms with E-state index in [1.807, 2.05) is 21.9 Å². The molecule has 0 spiro atoms. The minimum atomic E-state index is -1.07. The third kappa shape index (κ3) is 7.03. The number of benzene rings is 2. The van der Waals surface area contributed by atoms with E-state index in [1.54, 1.807) is 11.0 Å². The van der Waals surface area contributed by atoms with E-state index in [4.69, 9.17) is 0 Å². The number of halogens is 2. The van der Waals surface area contributed by atoms with Gasteiger partial charge >= 0.3 is 6.03 Å². The van der Waals surface area contributed by atoms with Crippen molar-refractivity contribution >= 4 is 40.9 Å². The van der Waals surface area contributed by atoms with Gasteiger partial charge in [-0.25, -0.2) is 13.6 Å². The van der Waals surface area contributed by atoms with Gasteiger partial charge in [-0.1, -0.05) is 13.0 Å². The van der Waals surface area contributed by atoms with Crippen molar-refractivity contribution in [2.75, 3.05) is 80.6 Å². The molecule has 5 amide bonds. The molecule has 0 radical (unpaired) electrons. The quantitative estimate of drug-likeness (QED) is 0.309. The van der Waals surface area contributed by atoms with Crippen molar-refractivity contribution in [3.05, 3.63) is 59.2 Å². The van der Waals surface area contributed by atoms with Crippen LogP contribution in [-0.2, 0) is 16.1 Å². The predicted octanol–water partition coefficient (Wildman–Crippen LogP) is 4.02. The van der Waals surface area contributed by atoms with E-state index in [1.165, 1.54) is 0 Å². The van der Waals surface area contributed by atoms with Crippen LogP contribution in [0.1, 0.15) is 68.8 Å². The van der Waals surface area contributed by atoms with Gasteiger partial charge in [-0.3, -0.25) is 24.6 Å². The molecule has 1 aromatic heterocycles. The Hall–Kier alpha value is -5.58. The SMILES string of the molecule is CCC12CNc3nnc(-c4cc(F)cc(F)c4O)cc3N1CCN(C(=O)N1CCN(CC3CCN(c4ccc5c(c4)C(=O)N(C4CCC(=O)NC4=O)C5)CC3)CC1(C)C)C2. The fourth-order valence-electron chi connectivity index (χ4n) is 10.4. The van der Waals surface area contributed by atoms with Gasteiger partial charge < -0.3 is 34.9 Å². The number of carbonyl (C=O) groups excluding carboxylic acids is 4. The molecule has 17 heteroatoms. The number of phenols is 1. The monoisotopic (exact) mass is 826 g/mol. The number of amides is 5. The first-order valence-corrected chi connectivity index (χ1v) is 21.1. The lowest BCUT2D eigenvalue weighted by Crippen LogP contribution is -2.71. The number of aromatic hydroxyl groups is 1. The van der Waals surface area contributed by atoms with Gasteiger partial charge in [0, 0.05) is 101 Å². The Balaban J connectivity index is 0.796. The summed E-state index contributed by atoms with van der Waals surface area (Å²) in [4.78, 5) is 64.6. The van der Waals surface area contributed by atoms with Crippen LogP contribution >= 0.6 is 0 Å². The molecule has 0 saturated carbocycles. The van der Waals surface area contributed by atoms with Gasteiger partial charge in [0.1, 0.15) is 11.9 Å². The molecule has 0 aliphatic carbocycles. The number of hydrogen-bond acceptors (Lipinski definition) is 11. The molecule has 6 aliphatic heterocycles. The highest BCUT2D eigenvalue weighted by molar-refractivity contribution is 6.05. The van der Waals surface area contributed by atoms with E-state index in [0.717, 1.165) is 69.3 Å². The minimum Gasteiger partial charge on any atom is -0.504 e. The Bertz CT molecular complexity index is 2250. The van der Waals surface area contributed by atoms with Crippen LogP contribution in [0.2, 0.25) is 0 Å². The Labute approximate surface area is 347 Å². The Kier molecular flexibility index (Phi) is 10.1. The number of aromatic nitrogens is 2. The van der Waals surface area contributed by atoms with Crippen LogP contribution in [0.15, 0.2) is 36.4 Å². The standard InChI is InChI=1S/C43H52F2N10O5/c1-4-43-23-46-38-35(20-33(48-49-38)31-17-28(44)18-32(45)37(31)57)54(43)16-14-52(25-43)41(60)55-15-13-50(24-42(55,2)3)21-26-9-11-51(12-10-26)29-6-5-27-22-53(40(59)30(27)19-29)34-7-8-36(56)47-39(34)58/h5-6,17-20,26,34,57H,4,7-16,21-25H2,1-3H3,(H,46,49)(H,47,56,58). The number of imide groups is 1. The van der Waals surface area contributed by atoms with Gasteiger partial charge in [-0.15, -0.1) is 10.2 Å². The smallest absolute Gasteiger partial charge is 0.320 e. The highest BCUT2D eigenvalue weighted by Gasteiger charge is 2.48. The Morgan fingerprint density at radius 2 is 1.73 bits per heavy atom. The molecule has 2 atom stereocenters. The van der Waals surface area contributed by atoms with Crippen molar-refractivity contribution in [3.63, 3.8) is 0 Å². The van der Waals surface area contributed by atoms with Crippen molar-refractivity contribution in [3.8, 4) is 17.0 Å².